The van der Waals surface area contributed by atoms with Crippen LogP contribution in [0.5, 0.6) is 0 Å². The average Bonchev–Trinajstić information content (AvgIpc) is 3.66. The highest BCUT2D eigenvalue weighted by atomic mass is 15.2. The topological polar surface area (TPSA) is 78.6 Å². The second-order valence-corrected chi connectivity index (χ2v) is 8.91. The van der Waals surface area contributed by atoms with Gasteiger partial charge in [-0.1, -0.05) is 6.92 Å². The molecule has 0 bridgehead atoms. The van der Waals surface area contributed by atoms with Crippen molar-refractivity contribution in [1.29, 1.82) is 5.26 Å². The summed E-state index contributed by atoms with van der Waals surface area (Å²) < 4.78 is 0. The molecule has 3 aromatic rings. The summed E-state index contributed by atoms with van der Waals surface area (Å²) in [5.41, 5.74) is 6.34. The number of hydrogen-bond acceptors (Lipinski definition) is 6. The molecule has 0 N–H and O–H groups in total. The molecule has 1 aliphatic carbocycles. The zero-order valence-electron chi connectivity index (χ0n) is 18.8. The van der Waals surface area contributed by atoms with Crippen LogP contribution in [0.3, 0.4) is 0 Å². The van der Waals surface area contributed by atoms with Crippen molar-refractivity contribution >= 4 is 5.82 Å². The van der Waals surface area contributed by atoms with E-state index in [4.69, 9.17) is 9.97 Å². The van der Waals surface area contributed by atoms with E-state index in [0.29, 0.717) is 0 Å². The van der Waals surface area contributed by atoms with Gasteiger partial charge in [0.15, 0.2) is 5.82 Å². The molecule has 0 aromatic carbocycles. The summed E-state index contributed by atoms with van der Waals surface area (Å²) in [6, 6.07) is 8.61. The monoisotopic (exact) mass is 424 g/mol. The molecule has 0 amide bonds. The summed E-state index contributed by atoms with van der Waals surface area (Å²) in [6.07, 6.45) is 11.9. The molecule has 6 heteroatoms. The van der Waals surface area contributed by atoms with Crippen molar-refractivity contribution in [2.75, 3.05) is 18.0 Å². The van der Waals surface area contributed by atoms with Gasteiger partial charge in [-0.2, -0.15) is 5.26 Å². The number of nitrogens with zero attached hydrogens (tertiary/aromatic N) is 6. The number of hydrogen-bond donors (Lipinski definition) is 0. The molecule has 0 radical (unpaired) electrons. The van der Waals surface area contributed by atoms with Gasteiger partial charge in [0.1, 0.15) is 0 Å². The molecule has 6 nitrogen and oxygen atoms in total. The Labute approximate surface area is 189 Å². The first-order valence-corrected chi connectivity index (χ1v) is 11.6. The normalized spacial score (nSPS) is 17.1. The van der Waals surface area contributed by atoms with E-state index >= 15 is 0 Å². The Morgan fingerprint density at radius 2 is 1.84 bits per heavy atom. The lowest BCUT2D eigenvalue weighted by atomic mass is 9.98. The van der Waals surface area contributed by atoms with Crippen molar-refractivity contribution in [3.05, 3.63) is 53.9 Å². The lowest BCUT2D eigenvalue weighted by Crippen LogP contribution is -2.31. The fourth-order valence-electron chi connectivity index (χ4n) is 4.51. The van der Waals surface area contributed by atoms with Gasteiger partial charge in [0.2, 0.25) is 0 Å². The first kappa shape index (κ1) is 20.6. The van der Waals surface area contributed by atoms with E-state index < -0.39 is 5.41 Å². The van der Waals surface area contributed by atoms with E-state index in [0.717, 1.165) is 77.6 Å². The Kier molecular flexibility index (Phi) is 5.34. The van der Waals surface area contributed by atoms with Crippen molar-refractivity contribution in [1.82, 2.24) is 19.9 Å². The first-order chi connectivity index (χ1) is 15.6. The predicted octanol–water partition coefficient (Wildman–Crippen LogP) is 5.02. The van der Waals surface area contributed by atoms with Crippen LogP contribution in [0.4, 0.5) is 5.82 Å². The van der Waals surface area contributed by atoms with Crippen LogP contribution in [-0.4, -0.2) is 33.0 Å². The van der Waals surface area contributed by atoms with Crippen LogP contribution < -0.4 is 4.90 Å². The largest absolute Gasteiger partial charge is 0.355 e. The van der Waals surface area contributed by atoms with Gasteiger partial charge < -0.3 is 4.90 Å². The summed E-state index contributed by atoms with van der Waals surface area (Å²) in [7, 11) is 0. The SMILES string of the molecule is CCc1ncc(-c2cc(-c3ccnc(C4(C#N)CC4)c3)cnc2C)nc1N1CCCCC1. The Balaban J connectivity index is 1.54. The van der Waals surface area contributed by atoms with Gasteiger partial charge in [-0.25, -0.2) is 4.98 Å². The lowest BCUT2D eigenvalue weighted by Gasteiger charge is -2.29. The molecular formula is C26H28N6. The van der Waals surface area contributed by atoms with E-state index in [1.807, 2.05) is 31.5 Å². The number of aryl methyl sites for hydroxylation is 2. The van der Waals surface area contributed by atoms with Gasteiger partial charge >= 0.3 is 0 Å². The molecule has 162 valence electrons. The highest BCUT2D eigenvalue weighted by molar-refractivity contribution is 5.73. The van der Waals surface area contributed by atoms with Crippen LogP contribution >= 0.6 is 0 Å². The zero-order valence-corrected chi connectivity index (χ0v) is 18.8. The van der Waals surface area contributed by atoms with Crippen LogP contribution in [-0.2, 0) is 11.8 Å². The summed E-state index contributed by atoms with van der Waals surface area (Å²) in [6.45, 7) is 6.24. The van der Waals surface area contributed by atoms with E-state index in [2.05, 4.69) is 33.9 Å². The van der Waals surface area contributed by atoms with Crippen LogP contribution in [0.15, 0.2) is 36.8 Å². The molecule has 0 atom stereocenters. The van der Waals surface area contributed by atoms with Crippen molar-refractivity contribution in [2.24, 2.45) is 0 Å². The molecule has 0 unspecified atom stereocenters. The Morgan fingerprint density at radius 1 is 1.03 bits per heavy atom. The van der Waals surface area contributed by atoms with Gasteiger partial charge in [0.25, 0.3) is 0 Å². The highest BCUT2D eigenvalue weighted by Crippen LogP contribution is 2.47. The maximum Gasteiger partial charge on any atom is 0.151 e. The van der Waals surface area contributed by atoms with Gasteiger partial charge in [0.05, 0.1) is 34.8 Å². The minimum absolute atomic E-state index is 0.401. The van der Waals surface area contributed by atoms with Gasteiger partial charge in [-0.3, -0.25) is 15.0 Å². The number of nitriles is 1. The molecule has 1 saturated carbocycles. The van der Waals surface area contributed by atoms with Crippen molar-refractivity contribution in [2.45, 2.75) is 57.8 Å². The number of aromatic nitrogens is 4. The van der Waals surface area contributed by atoms with Crippen LogP contribution in [0.1, 0.15) is 56.1 Å². The maximum atomic E-state index is 9.56. The van der Waals surface area contributed by atoms with Crippen molar-refractivity contribution in [3.63, 3.8) is 0 Å². The van der Waals surface area contributed by atoms with Crippen molar-refractivity contribution < 1.29 is 0 Å². The Hall–Kier alpha value is -3.33. The highest BCUT2D eigenvalue weighted by Gasteiger charge is 2.46. The van der Waals surface area contributed by atoms with Crippen LogP contribution in [0.25, 0.3) is 22.4 Å². The molecule has 2 fully saturated rings. The van der Waals surface area contributed by atoms with Crippen LogP contribution in [0.2, 0.25) is 0 Å². The Morgan fingerprint density at radius 3 is 2.56 bits per heavy atom. The summed E-state index contributed by atoms with van der Waals surface area (Å²) in [4.78, 5) is 21.4. The smallest absolute Gasteiger partial charge is 0.151 e. The first-order valence-electron chi connectivity index (χ1n) is 11.6. The van der Waals surface area contributed by atoms with Crippen molar-refractivity contribution in [3.8, 4) is 28.5 Å². The number of rotatable bonds is 5. The second kappa shape index (κ2) is 8.31. The van der Waals surface area contributed by atoms with E-state index in [9.17, 15) is 5.26 Å². The molecule has 3 aromatic heterocycles. The third-order valence-corrected chi connectivity index (χ3v) is 6.73. The third kappa shape index (κ3) is 3.73. The molecule has 2 aliphatic rings. The molecular weight excluding hydrogens is 396 g/mol. The minimum Gasteiger partial charge on any atom is -0.355 e. The molecule has 4 heterocycles. The van der Waals surface area contributed by atoms with E-state index in [1.54, 1.807) is 6.20 Å². The fourth-order valence-corrected chi connectivity index (χ4v) is 4.51. The summed E-state index contributed by atoms with van der Waals surface area (Å²) in [5, 5.41) is 9.56. The number of anilines is 1. The number of piperidine rings is 1. The standard InChI is InChI=1S/C26H28N6/c1-3-22-25(32-11-5-4-6-12-32)31-23(16-30-22)21-13-20(15-29-18(21)2)19-7-10-28-24(14-19)26(17-27)8-9-26/h7,10,13-16H,3-6,8-9,11-12H2,1-2H3. The summed E-state index contributed by atoms with van der Waals surface area (Å²) in [5.74, 6) is 1.02. The summed E-state index contributed by atoms with van der Waals surface area (Å²) >= 11 is 0. The lowest BCUT2D eigenvalue weighted by molar-refractivity contribution is 0.570. The third-order valence-electron chi connectivity index (χ3n) is 6.73. The zero-order chi connectivity index (χ0) is 22.1. The molecule has 0 spiro atoms. The van der Waals surface area contributed by atoms with Gasteiger partial charge in [-0.05, 0) is 69.2 Å². The van der Waals surface area contributed by atoms with Gasteiger partial charge in [0, 0.05) is 42.3 Å². The van der Waals surface area contributed by atoms with E-state index in [-0.39, 0.29) is 0 Å². The minimum atomic E-state index is -0.401. The van der Waals surface area contributed by atoms with E-state index in [1.165, 1.54) is 19.3 Å². The Bertz CT molecular complexity index is 1190. The molecule has 5 rings (SSSR count). The average molecular weight is 425 g/mol. The molecule has 1 aliphatic heterocycles. The molecule has 1 saturated heterocycles. The number of pyridine rings is 2. The second-order valence-electron chi connectivity index (χ2n) is 8.91. The maximum absolute atomic E-state index is 9.56. The van der Waals surface area contributed by atoms with Gasteiger partial charge in [-0.15, -0.1) is 0 Å². The quantitative estimate of drug-likeness (QED) is 0.572. The van der Waals surface area contributed by atoms with Crippen LogP contribution in [0, 0.1) is 18.3 Å². The molecule has 32 heavy (non-hydrogen) atoms. The fraction of sp³-hybridized carbons (Fsp3) is 0.423. The predicted molar refractivity (Wildman–Crippen MR) is 125 cm³/mol.